The highest BCUT2D eigenvalue weighted by atomic mass is 19.1. The minimum absolute atomic E-state index is 0.106. The molecular weight excluding hydrogens is 297 g/mol. The van der Waals surface area contributed by atoms with E-state index in [0.717, 1.165) is 0 Å². The number of rotatable bonds is 4. The number of carbonyl (C=O) groups is 1. The van der Waals surface area contributed by atoms with E-state index in [4.69, 9.17) is 0 Å². The summed E-state index contributed by atoms with van der Waals surface area (Å²) < 4.78 is 15.1. The van der Waals surface area contributed by atoms with E-state index in [9.17, 15) is 9.18 Å². The van der Waals surface area contributed by atoms with E-state index in [1.165, 1.54) is 10.7 Å². The zero-order chi connectivity index (χ0) is 16.2. The lowest BCUT2D eigenvalue weighted by Gasteiger charge is -2.10. The number of amides is 1. The van der Waals surface area contributed by atoms with Crippen molar-refractivity contribution in [2.45, 2.75) is 13.5 Å². The van der Waals surface area contributed by atoms with Gasteiger partial charge in [-0.2, -0.15) is 4.68 Å². The molecule has 116 valence electrons. The van der Waals surface area contributed by atoms with Crippen molar-refractivity contribution in [3.05, 3.63) is 71.3 Å². The molecule has 0 fully saturated rings. The summed E-state index contributed by atoms with van der Waals surface area (Å²) in [5.41, 5.74) is 1.41. The number of nitrogens with zero attached hydrogens (tertiary/aromatic N) is 4. The van der Waals surface area contributed by atoms with Crippen LogP contribution < -0.4 is 5.32 Å². The number of aromatic nitrogens is 4. The van der Waals surface area contributed by atoms with Crippen molar-refractivity contribution in [2.75, 3.05) is 0 Å². The van der Waals surface area contributed by atoms with Crippen LogP contribution in [0, 0.1) is 12.7 Å². The standard InChI is InChI=1S/C16H14FN5O/c1-11-19-20-21-22(11)15-9-5-3-7-13(15)16(23)18-10-12-6-2-4-8-14(12)17/h2-9H,10H2,1H3,(H,18,23). The van der Waals surface area contributed by atoms with Crippen LogP contribution in [-0.4, -0.2) is 26.1 Å². The van der Waals surface area contributed by atoms with Gasteiger partial charge in [0.05, 0.1) is 11.3 Å². The highest BCUT2D eigenvalue weighted by Crippen LogP contribution is 2.15. The van der Waals surface area contributed by atoms with Crippen molar-refractivity contribution < 1.29 is 9.18 Å². The van der Waals surface area contributed by atoms with E-state index in [-0.39, 0.29) is 18.3 Å². The van der Waals surface area contributed by atoms with Gasteiger partial charge in [-0.15, -0.1) is 5.10 Å². The first-order chi connectivity index (χ1) is 11.2. The summed E-state index contributed by atoms with van der Waals surface area (Å²) in [6, 6.07) is 13.3. The van der Waals surface area contributed by atoms with Crippen molar-refractivity contribution >= 4 is 5.91 Å². The Morgan fingerprint density at radius 2 is 1.91 bits per heavy atom. The maximum absolute atomic E-state index is 13.6. The second-order valence-corrected chi connectivity index (χ2v) is 4.93. The highest BCUT2D eigenvalue weighted by molar-refractivity contribution is 5.97. The van der Waals surface area contributed by atoms with E-state index < -0.39 is 0 Å². The normalized spacial score (nSPS) is 10.5. The molecular formula is C16H14FN5O. The molecule has 2 aromatic carbocycles. The lowest BCUT2D eigenvalue weighted by molar-refractivity contribution is 0.0950. The summed E-state index contributed by atoms with van der Waals surface area (Å²) in [6.45, 7) is 1.85. The fourth-order valence-corrected chi connectivity index (χ4v) is 2.22. The van der Waals surface area contributed by atoms with Gasteiger partial charge >= 0.3 is 0 Å². The van der Waals surface area contributed by atoms with Crippen molar-refractivity contribution in [3.8, 4) is 5.69 Å². The molecule has 1 heterocycles. The minimum Gasteiger partial charge on any atom is -0.348 e. The Morgan fingerprint density at radius 1 is 1.17 bits per heavy atom. The van der Waals surface area contributed by atoms with Crippen LogP contribution in [0.5, 0.6) is 0 Å². The molecule has 7 heteroatoms. The van der Waals surface area contributed by atoms with Gasteiger partial charge in [-0.1, -0.05) is 30.3 Å². The first kappa shape index (κ1) is 14.8. The van der Waals surface area contributed by atoms with E-state index in [1.54, 1.807) is 49.4 Å². The summed E-state index contributed by atoms with van der Waals surface area (Å²) in [7, 11) is 0. The average molecular weight is 311 g/mol. The lowest BCUT2D eigenvalue weighted by atomic mass is 10.1. The predicted molar refractivity (Wildman–Crippen MR) is 81.5 cm³/mol. The molecule has 0 bridgehead atoms. The van der Waals surface area contributed by atoms with E-state index in [0.29, 0.717) is 22.6 Å². The van der Waals surface area contributed by atoms with Crippen LogP contribution in [0.2, 0.25) is 0 Å². The molecule has 1 N–H and O–H groups in total. The number of hydrogen-bond donors (Lipinski definition) is 1. The second-order valence-electron chi connectivity index (χ2n) is 4.93. The van der Waals surface area contributed by atoms with Gasteiger partial charge in [0.15, 0.2) is 5.82 Å². The SMILES string of the molecule is Cc1nnnn1-c1ccccc1C(=O)NCc1ccccc1F. The molecule has 23 heavy (non-hydrogen) atoms. The van der Waals surface area contributed by atoms with Crippen molar-refractivity contribution in [3.63, 3.8) is 0 Å². The third-order valence-electron chi connectivity index (χ3n) is 3.40. The molecule has 1 aromatic heterocycles. The molecule has 0 saturated heterocycles. The van der Waals surface area contributed by atoms with Crippen molar-refractivity contribution in [2.24, 2.45) is 0 Å². The first-order valence-corrected chi connectivity index (χ1v) is 7.03. The van der Waals surface area contributed by atoms with E-state index in [1.807, 2.05) is 0 Å². The Morgan fingerprint density at radius 3 is 2.65 bits per heavy atom. The third kappa shape index (κ3) is 3.08. The zero-order valence-corrected chi connectivity index (χ0v) is 12.4. The van der Waals surface area contributed by atoms with Gasteiger partial charge in [0.2, 0.25) is 0 Å². The maximum atomic E-state index is 13.6. The van der Waals surface area contributed by atoms with Crippen LogP contribution in [-0.2, 0) is 6.54 Å². The van der Waals surface area contributed by atoms with Gasteiger partial charge in [-0.3, -0.25) is 4.79 Å². The van der Waals surface area contributed by atoms with Crippen molar-refractivity contribution in [1.29, 1.82) is 0 Å². The topological polar surface area (TPSA) is 72.7 Å². The third-order valence-corrected chi connectivity index (χ3v) is 3.40. The van der Waals surface area contributed by atoms with Crippen LogP contribution >= 0.6 is 0 Å². The maximum Gasteiger partial charge on any atom is 0.253 e. The lowest BCUT2D eigenvalue weighted by Crippen LogP contribution is -2.25. The number of benzene rings is 2. The molecule has 0 aliphatic carbocycles. The molecule has 6 nitrogen and oxygen atoms in total. The molecule has 0 aliphatic heterocycles. The van der Waals surface area contributed by atoms with E-state index >= 15 is 0 Å². The number of para-hydroxylation sites is 1. The molecule has 0 spiro atoms. The summed E-state index contributed by atoms with van der Waals surface area (Å²) in [6.07, 6.45) is 0. The quantitative estimate of drug-likeness (QED) is 0.800. The largest absolute Gasteiger partial charge is 0.348 e. The molecule has 0 radical (unpaired) electrons. The van der Waals surface area contributed by atoms with Crippen LogP contribution in [0.4, 0.5) is 4.39 Å². The number of nitrogens with one attached hydrogen (secondary N) is 1. The van der Waals surface area contributed by atoms with Gasteiger partial charge < -0.3 is 5.32 Å². The number of tetrazole rings is 1. The van der Waals surface area contributed by atoms with Crippen LogP contribution in [0.3, 0.4) is 0 Å². The summed E-state index contributed by atoms with van der Waals surface area (Å²) >= 11 is 0. The minimum atomic E-state index is -0.350. The smallest absolute Gasteiger partial charge is 0.253 e. The monoisotopic (exact) mass is 311 g/mol. The first-order valence-electron chi connectivity index (χ1n) is 7.03. The average Bonchev–Trinajstić information content (AvgIpc) is 3.00. The van der Waals surface area contributed by atoms with Gasteiger partial charge in [0.1, 0.15) is 5.82 Å². The number of carbonyl (C=O) groups excluding carboxylic acids is 1. The second kappa shape index (κ2) is 6.35. The molecule has 0 atom stereocenters. The highest BCUT2D eigenvalue weighted by Gasteiger charge is 2.15. The Bertz CT molecular complexity index is 846. The molecule has 0 saturated carbocycles. The Balaban J connectivity index is 1.84. The molecule has 0 aliphatic rings. The summed E-state index contributed by atoms with van der Waals surface area (Å²) in [4.78, 5) is 12.4. The molecule has 3 rings (SSSR count). The molecule has 0 unspecified atom stereocenters. The van der Waals surface area contributed by atoms with Gasteiger partial charge in [0, 0.05) is 12.1 Å². The summed E-state index contributed by atoms with van der Waals surface area (Å²) in [5.74, 6) is -0.101. The predicted octanol–water partition coefficient (Wildman–Crippen LogP) is 2.04. The van der Waals surface area contributed by atoms with Gasteiger partial charge in [-0.25, -0.2) is 4.39 Å². The van der Waals surface area contributed by atoms with Crippen LogP contribution in [0.25, 0.3) is 5.69 Å². The fourth-order valence-electron chi connectivity index (χ4n) is 2.22. The number of hydrogen-bond acceptors (Lipinski definition) is 4. The van der Waals surface area contributed by atoms with Gasteiger partial charge in [0.25, 0.3) is 5.91 Å². The summed E-state index contributed by atoms with van der Waals surface area (Å²) in [5, 5.41) is 14.0. The molecule has 3 aromatic rings. The Kier molecular flexibility index (Phi) is 4.09. The van der Waals surface area contributed by atoms with Crippen molar-refractivity contribution in [1.82, 2.24) is 25.5 Å². The van der Waals surface area contributed by atoms with E-state index in [2.05, 4.69) is 20.8 Å². The van der Waals surface area contributed by atoms with Gasteiger partial charge in [-0.05, 0) is 35.5 Å². The number of aryl methyl sites for hydroxylation is 1. The molecule has 1 amide bonds. The Hall–Kier alpha value is -3.09. The fraction of sp³-hybridized carbons (Fsp3) is 0.125. The zero-order valence-electron chi connectivity index (χ0n) is 12.4. The van der Waals surface area contributed by atoms with Crippen LogP contribution in [0.1, 0.15) is 21.7 Å². The number of halogens is 1. The Labute approximate surface area is 132 Å². The van der Waals surface area contributed by atoms with Crippen LogP contribution in [0.15, 0.2) is 48.5 Å².